The number of hydrogen-bond acceptors (Lipinski definition) is 6. The molecule has 0 saturated carbocycles. The van der Waals surface area contributed by atoms with Crippen molar-refractivity contribution < 1.29 is 4.74 Å². The fourth-order valence-corrected chi connectivity index (χ4v) is 4.80. The largest absolute Gasteiger partial charge is 0.370 e. The van der Waals surface area contributed by atoms with Crippen molar-refractivity contribution in [2.75, 3.05) is 5.75 Å². The van der Waals surface area contributed by atoms with Crippen molar-refractivity contribution in [1.29, 1.82) is 0 Å². The maximum atomic E-state index is 5.94. The SMILES string of the molecule is CCCSc1nc2sc3c(c2c2nncn12)CC(C)(C)OC3. The predicted molar refractivity (Wildman–Crippen MR) is 89.8 cm³/mol. The van der Waals surface area contributed by atoms with Gasteiger partial charge in [-0.05, 0) is 25.8 Å². The van der Waals surface area contributed by atoms with Crippen LogP contribution < -0.4 is 0 Å². The van der Waals surface area contributed by atoms with E-state index in [1.165, 1.54) is 10.4 Å². The Bertz CT molecular complexity index is 852. The lowest BCUT2D eigenvalue weighted by Gasteiger charge is -2.30. The first-order valence-corrected chi connectivity index (χ1v) is 9.30. The van der Waals surface area contributed by atoms with Gasteiger partial charge in [0.25, 0.3) is 0 Å². The van der Waals surface area contributed by atoms with Crippen molar-refractivity contribution in [3.8, 4) is 0 Å². The summed E-state index contributed by atoms with van der Waals surface area (Å²) in [6, 6.07) is 0. The zero-order valence-electron chi connectivity index (χ0n) is 12.9. The molecule has 0 unspecified atom stereocenters. The Kier molecular flexibility index (Phi) is 3.39. The topological polar surface area (TPSA) is 52.3 Å². The summed E-state index contributed by atoms with van der Waals surface area (Å²) in [6.45, 7) is 7.12. The minimum absolute atomic E-state index is 0.131. The number of thioether (sulfide) groups is 1. The molecule has 7 heteroatoms. The van der Waals surface area contributed by atoms with Gasteiger partial charge < -0.3 is 4.74 Å². The fraction of sp³-hybridized carbons (Fsp3) is 0.533. The Morgan fingerprint density at radius 3 is 3.14 bits per heavy atom. The van der Waals surface area contributed by atoms with Crippen LogP contribution in [0.1, 0.15) is 37.6 Å². The van der Waals surface area contributed by atoms with Gasteiger partial charge in [0.1, 0.15) is 11.2 Å². The molecule has 3 aromatic rings. The molecule has 0 saturated heterocycles. The lowest BCUT2D eigenvalue weighted by atomic mass is 9.94. The molecule has 4 heterocycles. The maximum Gasteiger partial charge on any atom is 0.176 e. The normalized spacial score (nSPS) is 17.2. The van der Waals surface area contributed by atoms with Crippen LogP contribution in [0.25, 0.3) is 15.9 Å². The molecule has 116 valence electrons. The quantitative estimate of drug-likeness (QED) is 0.540. The molecule has 0 amide bonds. The first kappa shape index (κ1) is 14.4. The Morgan fingerprint density at radius 2 is 2.32 bits per heavy atom. The van der Waals surface area contributed by atoms with Crippen LogP contribution >= 0.6 is 23.1 Å². The summed E-state index contributed by atoms with van der Waals surface area (Å²) in [5.41, 5.74) is 2.14. The molecule has 3 aromatic heterocycles. The number of nitrogens with zero attached hydrogens (tertiary/aromatic N) is 4. The molecule has 5 nitrogen and oxygen atoms in total. The first-order valence-electron chi connectivity index (χ1n) is 7.50. The van der Waals surface area contributed by atoms with Crippen molar-refractivity contribution in [2.24, 2.45) is 0 Å². The van der Waals surface area contributed by atoms with Crippen LogP contribution in [0.3, 0.4) is 0 Å². The average Bonchev–Trinajstić information content (AvgIpc) is 3.07. The van der Waals surface area contributed by atoms with Gasteiger partial charge in [-0.2, -0.15) is 0 Å². The van der Waals surface area contributed by atoms with Gasteiger partial charge >= 0.3 is 0 Å². The lowest BCUT2D eigenvalue weighted by Crippen LogP contribution is -2.31. The van der Waals surface area contributed by atoms with E-state index in [0.29, 0.717) is 6.61 Å². The van der Waals surface area contributed by atoms with Crippen LogP contribution in [-0.4, -0.2) is 30.9 Å². The molecule has 0 N–H and O–H groups in total. The van der Waals surface area contributed by atoms with E-state index in [9.17, 15) is 0 Å². The van der Waals surface area contributed by atoms with Crippen LogP contribution in [0, 0.1) is 0 Å². The van der Waals surface area contributed by atoms with E-state index in [1.807, 2.05) is 4.40 Å². The molecule has 0 radical (unpaired) electrons. The molecular formula is C15H18N4OS2. The second-order valence-electron chi connectivity index (χ2n) is 6.18. The summed E-state index contributed by atoms with van der Waals surface area (Å²) in [4.78, 5) is 7.22. The molecule has 0 spiro atoms. The highest BCUT2D eigenvalue weighted by atomic mass is 32.2. The number of rotatable bonds is 3. The van der Waals surface area contributed by atoms with Gasteiger partial charge in [0, 0.05) is 17.1 Å². The zero-order chi connectivity index (χ0) is 15.3. The van der Waals surface area contributed by atoms with E-state index >= 15 is 0 Å². The molecule has 0 aromatic carbocycles. The zero-order valence-corrected chi connectivity index (χ0v) is 14.6. The van der Waals surface area contributed by atoms with Gasteiger partial charge in [-0.25, -0.2) is 4.98 Å². The molecule has 0 aliphatic carbocycles. The minimum atomic E-state index is -0.131. The first-order chi connectivity index (χ1) is 10.6. The van der Waals surface area contributed by atoms with Crippen molar-refractivity contribution in [1.82, 2.24) is 19.6 Å². The number of thiophene rings is 1. The smallest absolute Gasteiger partial charge is 0.176 e. The third-order valence-corrected chi connectivity index (χ3v) is 6.14. The number of hydrogen-bond donors (Lipinski definition) is 0. The second-order valence-corrected chi connectivity index (χ2v) is 8.32. The Balaban J connectivity index is 1.96. The summed E-state index contributed by atoms with van der Waals surface area (Å²) >= 11 is 3.50. The van der Waals surface area contributed by atoms with E-state index in [0.717, 1.165) is 39.6 Å². The molecule has 0 bridgehead atoms. The standard InChI is InChI=1S/C15H18N4OS2/c1-4-5-21-14-17-13-11(12-18-16-8-19(12)14)9-6-15(2,3)20-7-10(9)22-13/h8H,4-7H2,1-3H3. The van der Waals surface area contributed by atoms with E-state index < -0.39 is 0 Å². The summed E-state index contributed by atoms with van der Waals surface area (Å²) in [7, 11) is 0. The van der Waals surface area contributed by atoms with Gasteiger partial charge in [0.05, 0.1) is 17.6 Å². The highest BCUT2D eigenvalue weighted by Gasteiger charge is 2.31. The molecule has 1 aliphatic heterocycles. The van der Waals surface area contributed by atoms with E-state index in [4.69, 9.17) is 9.72 Å². The Morgan fingerprint density at radius 1 is 1.45 bits per heavy atom. The molecule has 4 rings (SSSR count). The predicted octanol–water partition coefficient (Wildman–Crippen LogP) is 3.69. The van der Waals surface area contributed by atoms with Crippen molar-refractivity contribution >= 4 is 39.0 Å². The van der Waals surface area contributed by atoms with E-state index in [2.05, 4.69) is 31.0 Å². The van der Waals surface area contributed by atoms with Crippen molar-refractivity contribution in [2.45, 2.75) is 51.0 Å². The average molecular weight is 334 g/mol. The second kappa shape index (κ2) is 5.18. The molecular weight excluding hydrogens is 316 g/mol. The Labute approximate surface area is 137 Å². The van der Waals surface area contributed by atoms with Crippen LogP contribution in [-0.2, 0) is 17.8 Å². The molecule has 0 atom stereocenters. The van der Waals surface area contributed by atoms with Gasteiger partial charge in [-0.1, -0.05) is 18.7 Å². The van der Waals surface area contributed by atoms with E-state index in [1.54, 1.807) is 29.4 Å². The number of fused-ring (bicyclic) bond motifs is 5. The van der Waals surface area contributed by atoms with Crippen molar-refractivity contribution in [3.05, 3.63) is 16.8 Å². The van der Waals surface area contributed by atoms with Gasteiger partial charge in [0.2, 0.25) is 0 Å². The molecule has 0 fully saturated rings. The summed E-state index contributed by atoms with van der Waals surface area (Å²) in [6.07, 6.45) is 3.79. The summed E-state index contributed by atoms with van der Waals surface area (Å²) in [5, 5.41) is 10.6. The number of ether oxygens (including phenoxy) is 1. The molecule has 22 heavy (non-hydrogen) atoms. The van der Waals surface area contributed by atoms with Crippen LogP contribution in [0.4, 0.5) is 0 Å². The highest BCUT2D eigenvalue weighted by molar-refractivity contribution is 7.99. The van der Waals surface area contributed by atoms with Crippen molar-refractivity contribution in [3.63, 3.8) is 0 Å². The lowest BCUT2D eigenvalue weighted by molar-refractivity contribution is -0.0379. The van der Waals surface area contributed by atoms with Gasteiger partial charge in [-0.15, -0.1) is 21.5 Å². The monoisotopic (exact) mass is 334 g/mol. The fourth-order valence-electron chi connectivity index (χ4n) is 2.83. The highest BCUT2D eigenvalue weighted by Crippen LogP contribution is 2.40. The number of aromatic nitrogens is 4. The third kappa shape index (κ3) is 2.23. The third-order valence-electron chi connectivity index (χ3n) is 3.88. The van der Waals surface area contributed by atoms with Gasteiger partial charge in [0.15, 0.2) is 10.8 Å². The maximum absolute atomic E-state index is 5.94. The Hall–Kier alpha value is -1.18. The van der Waals surface area contributed by atoms with Crippen LogP contribution in [0.15, 0.2) is 11.5 Å². The summed E-state index contributed by atoms with van der Waals surface area (Å²) < 4.78 is 7.97. The van der Waals surface area contributed by atoms with Crippen LogP contribution in [0.5, 0.6) is 0 Å². The summed E-state index contributed by atoms with van der Waals surface area (Å²) in [5.74, 6) is 1.05. The van der Waals surface area contributed by atoms with Crippen LogP contribution in [0.2, 0.25) is 0 Å². The minimum Gasteiger partial charge on any atom is -0.370 e. The van der Waals surface area contributed by atoms with Gasteiger partial charge in [-0.3, -0.25) is 4.40 Å². The molecule has 1 aliphatic rings. The van der Waals surface area contributed by atoms with E-state index in [-0.39, 0.29) is 5.60 Å².